The zero-order valence-corrected chi connectivity index (χ0v) is 15.6. The third-order valence-electron chi connectivity index (χ3n) is 5.84. The molecule has 2 heterocycles. The van der Waals surface area contributed by atoms with Crippen LogP contribution in [0.3, 0.4) is 0 Å². The van der Waals surface area contributed by atoms with E-state index in [-0.39, 0.29) is 11.3 Å². The standard InChI is InChI=1S/C19H27ClN2O2/c1-18(2)13-22(11-8-19(18,3)24)17(23)14-6-7-16(15(20)12-14)21-9-4-5-10-21/h6-7,12,24H,4-5,8-11,13H2,1-3H3/t19-/m1/s1. The molecule has 0 radical (unpaired) electrons. The predicted octanol–water partition coefficient (Wildman–Crippen LogP) is 3.56. The van der Waals surface area contributed by atoms with Crippen LogP contribution in [0, 0.1) is 5.41 Å². The second kappa shape index (κ2) is 6.23. The van der Waals surface area contributed by atoms with Crippen molar-refractivity contribution >= 4 is 23.2 Å². The highest BCUT2D eigenvalue weighted by molar-refractivity contribution is 6.33. The van der Waals surface area contributed by atoms with E-state index in [1.807, 2.05) is 37.8 Å². The van der Waals surface area contributed by atoms with Gasteiger partial charge in [-0.3, -0.25) is 4.79 Å². The van der Waals surface area contributed by atoms with Crippen LogP contribution in [0.15, 0.2) is 18.2 Å². The number of likely N-dealkylation sites (tertiary alicyclic amines) is 1. The molecule has 132 valence electrons. The van der Waals surface area contributed by atoms with E-state index in [0.717, 1.165) is 18.8 Å². The first-order valence-corrected chi connectivity index (χ1v) is 9.15. The van der Waals surface area contributed by atoms with Crippen molar-refractivity contribution in [1.82, 2.24) is 4.90 Å². The maximum Gasteiger partial charge on any atom is 0.253 e. The van der Waals surface area contributed by atoms with E-state index in [1.165, 1.54) is 12.8 Å². The number of carbonyl (C=O) groups excluding carboxylic acids is 1. The first kappa shape index (κ1) is 17.6. The van der Waals surface area contributed by atoms with E-state index in [1.54, 1.807) is 6.07 Å². The van der Waals surface area contributed by atoms with Gasteiger partial charge in [-0.25, -0.2) is 0 Å². The largest absolute Gasteiger partial charge is 0.389 e. The average Bonchev–Trinajstić information content (AvgIpc) is 3.03. The molecule has 2 aliphatic rings. The topological polar surface area (TPSA) is 43.8 Å². The number of aliphatic hydroxyl groups is 1. The van der Waals surface area contributed by atoms with Crippen LogP contribution in [0.25, 0.3) is 0 Å². The van der Waals surface area contributed by atoms with Gasteiger partial charge in [-0.15, -0.1) is 0 Å². The molecular formula is C19H27ClN2O2. The molecular weight excluding hydrogens is 324 g/mol. The van der Waals surface area contributed by atoms with Crippen LogP contribution >= 0.6 is 11.6 Å². The van der Waals surface area contributed by atoms with Crippen LogP contribution in [0.4, 0.5) is 5.69 Å². The van der Waals surface area contributed by atoms with Crippen LogP contribution in [-0.4, -0.2) is 47.7 Å². The number of piperidine rings is 1. The maximum atomic E-state index is 12.9. The van der Waals surface area contributed by atoms with Crippen LogP contribution < -0.4 is 4.90 Å². The van der Waals surface area contributed by atoms with Crippen LogP contribution in [0.1, 0.15) is 50.4 Å². The Labute approximate surface area is 149 Å². The quantitative estimate of drug-likeness (QED) is 0.886. The lowest BCUT2D eigenvalue weighted by molar-refractivity contribution is -0.0971. The fourth-order valence-electron chi connectivity index (χ4n) is 3.63. The summed E-state index contributed by atoms with van der Waals surface area (Å²) < 4.78 is 0. The fraction of sp³-hybridized carbons (Fsp3) is 0.632. The highest BCUT2D eigenvalue weighted by Crippen LogP contribution is 2.39. The third-order valence-corrected chi connectivity index (χ3v) is 6.14. The number of hydrogen-bond acceptors (Lipinski definition) is 3. The summed E-state index contributed by atoms with van der Waals surface area (Å²) in [7, 11) is 0. The molecule has 3 rings (SSSR count). The van der Waals surface area contributed by atoms with E-state index in [2.05, 4.69) is 4.90 Å². The molecule has 0 unspecified atom stereocenters. The van der Waals surface area contributed by atoms with Crippen LogP contribution in [-0.2, 0) is 0 Å². The van der Waals surface area contributed by atoms with Crippen LogP contribution in [0.2, 0.25) is 5.02 Å². The molecule has 2 saturated heterocycles. The second-order valence-corrected chi connectivity index (χ2v) is 8.40. The minimum absolute atomic E-state index is 0.00607. The summed E-state index contributed by atoms with van der Waals surface area (Å²) in [5.41, 5.74) is 0.564. The van der Waals surface area contributed by atoms with Gasteiger partial charge in [-0.05, 0) is 44.4 Å². The molecule has 0 aliphatic carbocycles. The van der Waals surface area contributed by atoms with Crippen molar-refractivity contribution in [2.45, 2.75) is 45.6 Å². The lowest BCUT2D eigenvalue weighted by Gasteiger charge is -2.48. The summed E-state index contributed by atoms with van der Waals surface area (Å²) in [4.78, 5) is 17.0. The summed E-state index contributed by atoms with van der Waals surface area (Å²) in [6, 6.07) is 5.63. The smallest absolute Gasteiger partial charge is 0.253 e. The molecule has 1 N–H and O–H groups in total. The van der Waals surface area contributed by atoms with Crippen molar-refractivity contribution in [3.63, 3.8) is 0 Å². The number of nitrogens with zero attached hydrogens (tertiary/aromatic N) is 2. The van der Waals surface area contributed by atoms with E-state index >= 15 is 0 Å². The zero-order chi connectivity index (χ0) is 17.5. The number of carbonyl (C=O) groups is 1. The van der Waals surface area contributed by atoms with Crippen molar-refractivity contribution in [2.24, 2.45) is 5.41 Å². The Morgan fingerprint density at radius 1 is 1.17 bits per heavy atom. The summed E-state index contributed by atoms with van der Waals surface area (Å²) >= 11 is 6.44. The van der Waals surface area contributed by atoms with E-state index in [9.17, 15) is 9.90 Å². The molecule has 1 aromatic rings. The Bertz CT molecular complexity index is 636. The van der Waals surface area contributed by atoms with Crippen molar-refractivity contribution in [3.8, 4) is 0 Å². The Kier molecular flexibility index (Phi) is 4.56. The number of rotatable bonds is 2. The minimum Gasteiger partial charge on any atom is -0.389 e. The van der Waals surface area contributed by atoms with Gasteiger partial charge in [0, 0.05) is 37.2 Å². The molecule has 0 bridgehead atoms. The summed E-state index contributed by atoms with van der Waals surface area (Å²) in [6.45, 7) is 9.05. The molecule has 0 spiro atoms. The lowest BCUT2D eigenvalue weighted by atomic mass is 9.71. The Hall–Kier alpha value is -1.26. The monoisotopic (exact) mass is 350 g/mol. The highest BCUT2D eigenvalue weighted by atomic mass is 35.5. The molecule has 1 aromatic carbocycles. The molecule has 0 saturated carbocycles. The number of halogens is 1. The summed E-state index contributed by atoms with van der Waals surface area (Å²) in [5.74, 6) is -0.00607. The molecule has 1 atom stereocenters. The number of benzene rings is 1. The third kappa shape index (κ3) is 3.14. The van der Waals surface area contributed by atoms with Gasteiger partial charge in [0.15, 0.2) is 0 Å². The van der Waals surface area contributed by atoms with Gasteiger partial charge >= 0.3 is 0 Å². The molecule has 24 heavy (non-hydrogen) atoms. The summed E-state index contributed by atoms with van der Waals surface area (Å²) in [5, 5.41) is 11.2. The van der Waals surface area contributed by atoms with E-state index < -0.39 is 5.60 Å². The van der Waals surface area contributed by atoms with Gasteiger partial charge in [0.1, 0.15) is 0 Å². The average molecular weight is 351 g/mol. The number of amides is 1. The Morgan fingerprint density at radius 3 is 2.42 bits per heavy atom. The lowest BCUT2D eigenvalue weighted by Crippen LogP contribution is -2.57. The first-order valence-electron chi connectivity index (χ1n) is 8.77. The predicted molar refractivity (Wildman–Crippen MR) is 97.8 cm³/mol. The van der Waals surface area contributed by atoms with Crippen molar-refractivity contribution < 1.29 is 9.90 Å². The van der Waals surface area contributed by atoms with Gasteiger partial charge in [-0.2, -0.15) is 0 Å². The molecule has 2 fully saturated rings. The minimum atomic E-state index is -0.749. The molecule has 2 aliphatic heterocycles. The van der Waals surface area contributed by atoms with Crippen molar-refractivity contribution in [1.29, 1.82) is 0 Å². The highest BCUT2D eigenvalue weighted by Gasteiger charge is 2.45. The van der Waals surface area contributed by atoms with Crippen molar-refractivity contribution in [2.75, 3.05) is 31.1 Å². The zero-order valence-electron chi connectivity index (χ0n) is 14.8. The van der Waals surface area contributed by atoms with E-state index in [4.69, 9.17) is 11.6 Å². The Morgan fingerprint density at radius 2 is 1.83 bits per heavy atom. The van der Waals surface area contributed by atoms with E-state index in [0.29, 0.717) is 30.1 Å². The fourth-order valence-corrected chi connectivity index (χ4v) is 3.93. The Balaban J connectivity index is 1.77. The molecule has 4 nitrogen and oxygen atoms in total. The van der Waals surface area contributed by atoms with Gasteiger partial charge < -0.3 is 14.9 Å². The molecule has 1 amide bonds. The first-order chi connectivity index (χ1) is 11.2. The van der Waals surface area contributed by atoms with Gasteiger partial charge in [0.05, 0.1) is 16.3 Å². The van der Waals surface area contributed by atoms with Crippen LogP contribution in [0.5, 0.6) is 0 Å². The van der Waals surface area contributed by atoms with Crippen molar-refractivity contribution in [3.05, 3.63) is 28.8 Å². The normalized spacial score (nSPS) is 26.7. The van der Waals surface area contributed by atoms with Gasteiger partial charge in [-0.1, -0.05) is 25.4 Å². The maximum absolute atomic E-state index is 12.9. The van der Waals surface area contributed by atoms with Gasteiger partial charge in [0.25, 0.3) is 5.91 Å². The number of anilines is 1. The summed E-state index contributed by atoms with van der Waals surface area (Å²) in [6.07, 6.45) is 2.98. The molecule has 0 aromatic heterocycles. The SMILES string of the molecule is CC1(C)CN(C(=O)c2ccc(N3CCCC3)c(Cl)c2)CC[C@@]1(C)O. The molecule has 5 heteroatoms. The van der Waals surface area contributed by atoms with Gasteiger partial charge in [0.2, 0.25) is 0 Å². The second-order valence-electron chi connectivity index (χ2n) is 7.99. The number of hydrogen-bond donors (Lipinski definition) is 1.